The van der Waals surface area contributed by atoms with Gasteiger partial charge in [0.25, 0.3) is 5.91 Å². The van der Waals surface area contributed by atoms with E-state index in [1.165, 1.54) is 4.90 Å². The summed E-state index contributed by atoms with van der Waals surface area (Å²) >= 11 is 0. The van der Waals surface area contributed by atoms with Crippen molar-refractivity contribution in [1.82, 2.24) is 19.9 Å². The first kappa shape index (κ1) is 20.3. The summed E-state index contributed by atoms with van der Waals surface area (Å²) in [5, 5.41) is 6.19. The van der Waals surface area contributed by atoms with Crippen molar-refractivity contribution in [2.45, 2.75) is 13.2 Å². The van der Waals surface area contributed by atoms with Gasteiger partial charge in [0.1, 0.15) is 5.69 Å². The SMILES string of the molecule is Cc1cccc(C2=NN(C)C(c3nc(-c4ccc(C(=O)N(C)C)cc4)cnc3N)O2)c1. The van der Waals surface area contributed by atoms with Gasteiger partial charge >= 0.3 is 0 Å². The fourth-order valence-corrected chi connectivity index (χ4v) is 3.31. The zero-order valence-electron chi connectivity index (χ0n) is 17.9. The van der Waals surface area contributed by atoms with Gasteiger partial charge in [0.15, 0.2) is 5.82 Å². The normalized spacial score (nSPS) is 15.4. The molecule has 4 rings (SSSR count). The highest BCUT2D eigenvalue weighted by Crippen LogP contribution is 2.31. The average Bonchev–Trinajstić information content (AvgIpc) is 3.15. The van der Waals surface area contributed by atoms with E-state index in [1.807, 2.05) is 50.4 Å². The molecule has 0 saturated heterocycles. The van der Waals surface area contributed by atoms with Crippen LogP contribution in [0.4, 0.5) is 5.82 Å². The lowest BCUT2D eigenvalue weighted by molar-refractivity contribution is 0.0744. The van der Waals surface area contributed by atoms with Gasteiger partial charge in [-0.05, 0) is 31.2 Å². The van der Waals surface area contributed by atoms with E-state index in [9.17, 15) is 4.79 Å². The number of nitrogens with two attached hydrogens (primary N) is 1. The van der Waals surface area contributed by atoms with Gasteiger partial charge < -0.3 is 15.4 Å². The molecule has 1 amide bonds. The van der Waals surface area contributed by atoms with Gasteiger partial charge in [-0.25, -0.2) is 9.97 Å². The van der Waals surface area contributed by atoms with Crippen LogP contribution in [0.25, 0.3) is 11.3 Å². The van der Waals surface area contributed by atoms with Crippen molar-refractivity contribution in [2.24, 2.45) is 5.10 Å². The lowest BCUT2D eigenvalue weighted by atomic mass is 10.1. The highest BCUT2D eigenvalue weighted by molar-refractivity contribution is 5.95. The molecule has 0 fully saturated rings. The molecule has 8 nitrogen and oxygen atoms in total. The third-order valence-corrected chi connectivity index (χ3v) is 4.97. The van der Waals surface area contributed by atoms with Crippen molar-refractivity contribution in [1.29, 1.82) is 0 Å². The first-order chi connectivity index (χ1) is 14.8. The van der Waals surface area contributed by atoms with E-state index >= 15 is 0 Å². The molecule has 2 aromatic carbocycles. The zero-order chi connectivity index (χ0) is 22.1. The number of carbonyl (C=O) groups excluding carboxylic acids is 1. The summed E-state index contributed by atoms with van der Waals surface area (Å²) in [5.74, 6) is 0.729. The number of ether oxygens (including phenoxy) is 1. The molecular weight excluding hydrogens is 392 g/mol. The Kier molecular flexibility index (Phi) is 5.29. The number of hydrazone groups is 1. The number of nitrogen functional groups attached to an aromatic ring is 1. The van der Waals surface area contributed by atoms with Gasteiger partial charge in [-0.2, -0.15) is 0 Å². The first-order valence-electron chi connectivity index (χ1n) is 9.83. The summed E-state index contributed by atoms with van der Waals surface area (Å²) in [5.41, 5.74) is 10.7. The van der Waals surface area contributed by atoms with Crippen LogP contribution in [0.3, 0.4) is 0 Å². The number of benzene rings is 2. The number of aryl methyl sites for hydroxylation is 1. The van der Waals surface area contributed by atoms with Crippen molar-refractivity contribution in [3.8, 4) is 11.3 Å². The minimum atomic E-state index is -0.586. The number of amides is 1. The minimum absolute atomic E-state index is 0.0579. The van der Waals surface area contributed by atoms with E-state index in [4.69, 9.17) is 15.5 Å². The summed E-state index contributed by atoms with van der Waals surface area (Å²) in [6.07, 6.45) is 1.02. The zero-order valence-corrected chi connectivity index (χ0v) is 17.9. The van der Waals surface area contributed by atoms with Gasteiger partial charge in [-0.3, -0.25) is 9.80 Å². The largest absolute Gasteiger partial charge is 0.444 e. The molecule has 3 aromatic rings. The molecule has 31 heavy (non-hydrogen) atoms. The third-order valence-electron chi connectivity index (χ3n) is 4.97. The molecule has 0 saturated carbocycles. The molecule has 1 aliphatic rings. The minimum Gasteiger partial charge on any atom is -0.444 e. The molecule has 0 aliphatic carbocycles. The standard InChI is InChI=1S/C23H24N6O2/c1-14-6-5-7-17(12-14)21-27-29(4)23(31-21)19-20(24)25-13-18(26-19)15-8-10-16(11-9-15)22(30)28(2)3/h5-13,23H,1-4H3,(H2,24,25). The quantitative estimate of drug-likeness (QED) is 0.702. The molecule has 0 spiro atoms. The van der Waals surface area contributed by atoms with Crippen molar-refractivity contribution in [3.05, 3.63) is 77.1 Å². The predicted octanol–water partition coefficient (Wildman–Crippen LogP) is 3.06. The summed E-state index contributed by atoms with van der Waals surface area (Å²) < 4.78 is 6.09. The lowest BCUT2D eigenvalue weighted by Gasteiger charge is -2.19. The van der Waals surface area contributed by atoms with E-state index < -0.39 is 6.23 Å². The second-order valence-electron chi connectivity index (χ2n) is 7.62. The Bertz CT molecular complexity index is 1160. The highest BCUT2D eigenvalue weighted by Gasteiger charge is 2.31. The average molecular weight is 416 g/mol. The van der Waals surface area contributed by atoms with Crippen LogP contribution in [-0.4, -0.2) is 52.8 Å². The third kappa shape index (κ3) is 4.05. The molecule has 1 atom stereocenters. The Hall–Kier alpha value is -3.94. The summed E-state index contributed by atoms with van der Waals surface area (Å²) in [4.78, 5) is 22.7. The number of aromatic nitrogens is 2. The number of rotatable bonds is 4. The van der Waals surface area contributed by atoms with Crippen LogP contribution in [0.2, 0.25) is 0 Å². The van der Waals surface area contributed by atoms with E-state index in [2.05, 4.69) is 10.1 Å². The van der Waals surface area contributed by atoms with E-state index in [1.54, 1.807) is 37.4 Å². The van der Waals surface area contributed by atoms with E-state index in [0.717, 1.165) is 16.7 Å². The maximum absolute atomic E-state index is 12.1. The number of hydrogen-bond acceptors (Lipinski definition) is 7. The highest BCUT2D eigenvalue weighted by atomic mass is 16.5. The number of nitrogens with zero attached hydrogens (tertiary/aromatic N) is 5. The lowest BCUT2D eigenvalue weighted by Crippen LogP contribution is -2.21. The van der Waals surface area contributed by atoms with Crippen LogP contribution in [0.1, 0.15) is 33.4 Å². The molecule has 2 heterocycles. The summed E-state index contributed by atoms with van der Waals surface area (Å²) in [6, 6.07) is 15.2. The summed E-state index contributed by atoms with van der Waals surface area (Å²) in [7, 11) is 5.25. The molecule has 1 aliphatic heterocycles. The molecular formula is C23H24N6O2. The Morgan fingerprint density at radius 1 is 1.13 bits per heavy atom. The van der Waals surface area contributed by atoms with Gasteiger partial charge in [0.2, 0.25) is 12.1 Å². The first-order valence-corrected chi connectivity index (χ1v) is 9.83. The topological polar surface area (TPSA) is 96.9 Å². The molecule has 1 aromatic heterocycles. The molecule has 1 unspecified atom stereocenters. The number of hydrogen-bond donors (Lipinski definition) is 1. The van der Waals surface area contributed by atoms with Crippen molar-refractivity contribution < 1.29 is 9.53 Å². The second-order valence-corrected chi connectivity index (χ2v) is 7.62. The van der Waals surface area contributed by atoms with Crippen molar-refractivity contribution in [3.63, 3.8) is 0 Å². The van der Waals surface area contributed by atoms with E-state index in [0.29, 0.717) is 22.8 Å². The molecule has 158 valence electrons. The van der Waals surface area contributed by atoms with Gasteiger partial charge in [-0.1, -0.05) is 29.8 Å². The van der Waals surface area contributed by atoms with Gasteiger partial charge in [0, 0.05) is 37.8 Å². The van der Waals surface area contributed by atoms with Crippen LogP contribution in [0.5, 0.6) is 0 Å². The van der Waals surface area contributed by atoms with Gasteiger partial charge in [0.05, 0.1) is 11.9 Å². The Morgan fingerprint density at radius 3 is 2.55 bits per heavy atom. The van der Waals surface area contributed by atoms with Crippen LogP contribution in [0.15, 0.2) is 59.8 Å². The predicted molar refractivity (Wildman–Crippen MR) is 119 cm³/mol. The molecule has 2 N–H and O–H groups in total. The van der Waals surface area contributed by atoms with Gasteiger partial charge in [-0.15, -0.1) is 5.10 Å². The van der Waals surface area contributed by atoms with Crippen LogP contribution in [0, 0.1) is 6.92 Å². The van der Waals surface area contributed by atoms with E-state index in [-0.39, 0.29) is 11.7 Å². The van der Waals surface area contributed by atoms with Crippen molar-refractivity contribution in [2.75, 3.05) is 26.9 Å². The number of anilines is 1. The number of carbonyl (C=O) groups is 1. The monoisotopic (exact) mass is 416 g/mol. The second kappa shape index (κ2) is 8.06. The molecule has 8 heteroatoms. The molecule has 0 bridgehead atoms. The van der Waals surface area contributed by atoms with Crippen LogP contribution < -0.4 is 5.73 Å². The maximum Gasteiger partial charge on any atom is 0.253 e. The fourth-order valence-electron chi connectivity index (χ4n) is 3.31. The fraction of sp³-hybridized carbons (Fsp3) is 0.217. The van der Waals surface area contributed by atoms with Crippen LogP contribution in [-0.2, 0) is 4.74 Å². The maximum atomic E-state index is 12.1. The Balaban J connectivity index is 1.61. The molecule has 0 radical (unpaired) electrons. The summed E-state index contributed by atoms with van der Waals surface area (Å²) in [6.45, 7) is 2.02. The Morgan fingerprint density at radius 2 is 1.87 bits per heavy atom. The smallest absolute Gasteiger partial charge is 0.253 e. The van der Waals surface area contributed by atoms with Crippen LogP contribution >= 0.6 is 0 Å². The van der Waals surface area contributed by atoms with Crippen molar-refractivity contribution >= 4 is 17.6 Å². The Labute approximate surface area is 181 Å².